The maximum absolute atomic E-state index is 13.0. The maximum Gasteiger partial charge on any atom is 0.270 e. The molecule has 0 saturated carbocycles. The fourth-order valence-electron chi connectivity index (χ4n) is 4.28. The number of hydrogen-bond acceptors (Lipinski definition) is 7. The van der Waals surface area contributed by atoms with Crippen molar-refractivity contribution in [1.29, 1.82) is 0 Å². The van der Waals surface area contributed by atoms with E-state index in [4.69, 9.17) is 0 Å². The Kier molecular flexibility index (Phi) is 6.60. The predicted octanol–water partition coefficient (Wildman–Crippen LogP) is 4.10. The normalized spacial score (nSPS) is 14.6. The first-order valence-corrected chi connectivity index (χ1v) is 12.8. The van der Waals surface area contributed by atoms with E-state index in [0.717, 1.165) is 40.9 Å². The van der Waals surface area contributed by atoms with Gasteiger partial charge in [0.05, 0.1) is 6.04 Å². The molecule has 5 rings (SSSR count). The predicted molar refractivity (Wildman–Crippen MR) is 137 cm³/mol. The van der Waals surface area contributed by atoms with Crippen LogP contribution in [-0.2, 0) is 13.0 Å². The molecule has 36 heavy (non-hydrogen) atoms. The molecule has 3 heterocycles. The molecule has 2 amide bonds. The highest BCUT2D eigenvalue weighted by atomic mass is 32.1. The Labute approximate surface area is 212 Å². The van der Waals surface area contributed by atoms with Crippen LogP contribution in [0.3, 0.4) is 0 Å². The molecule has 1 aromatic carbocycles. The lowest BCUT2D eigenvalue weighted by Crippen LogP contribution is -2.29. The van der Waals surface area contributed by atoms with Crippen LogP contribution < -0.4 is 10.6 Å². The lowest BCUT2D eigenvalue weighted by Gasteiger charge is -2.14. The van der Waals surface area contributed by atoms with Crippen molar-refractivity contribution < 1.29 is 9.59 Å². The van der Waals surface area contributed by atoms with Crippen molar-refractivity contribution in [2.24, 2.45) is 0 Å². The molecule has 9 nitrogen and oxygen atoms in total. The van der Waals surface area contributed by atoms with Gasteiger partial charge in [-0.1, -0.05) is 26.0 Å². The summed E-state index contributed by atoms with van der Waals surface area (Å²) in [7, 11) is 0. The standard InChI is InChI=1S/C26H27N7O2S/c1-14(2)23-8-16(12-36-23)11-27-25(34)21-10-22(29-13-28-21)26(35)31-20-7-5-17-9-18(4-6-19(17)20)24-30-15(3)32-33-24/h4,6,8-10,12-14,20H,5,7,11H2,1-3H3,(H,27,34)(H,31,35)(H,30,32,33)/t20-/m0/s1. The first-order chi connectivity index (χ1) is 17.4. The van der Waals surface area contributed by atoms with Crippen molar-refractivity contribution in [3.05, 3.63) is 80.8 Å². The number of hydrogen-bond donors (Lipinski definition) is 3. The second kappa shape index (κ2) is 9.98. The van der Waals surface area contributed by atoms with Gasteiger partial charge in [-0.25, -0.2) is 15.0 Å². The molecule has 1 atom stereocenters. The van der Waals surface area contributed by atoms with Gasteiger partial charge in [0, 0.05) is 23.1 Å². The van der Waals surface area contributed by atoms with Crippen LogP contribution in [0.15, 0.2) is 42.0 Å². The topological polar surface area (TPSA) is 126 Å². The van der Waals surface area contributed by atoms with Gasteiger partial charge in [0.25, 0.3) is 11.8 Å². The van der Waals surface area contributed by atoms with Crippen LogP contribution in [0.4, 0.5) is 0 Å². The molecule has 3 aromatic heterocycles. The molecule has 10 heteroatoms. The van der Waals surface area contributed by atoms with Crippen LogP contribution in [0.25, 0.3) is 11.4 Å². The SMILES string of the molecule is Cc1nc(-c2ccc3c(c2)CC[C@@H]3NC(=O)c2cc(C(=O)NCc3csc(C(C)C)c3)ncn2)n[nH]1. The number of amides is 2. The number of rotatable bonds is 7. The minimum Gasteiger partial charge on any atom is -0.347 e. The van der Waals surface area contributed by atoms with Gasteiger partial charge in [-0.05, 0) is 59.9 Å². The molecule has 184 valence electrons. The minimum atomic E-state index is -0.343. The number of carbonyl (C=O) groups is 2. The fraction of sp³-hybridized carbons (Fsp3) is 0.308. The highest BCUT2D eigenvalue weighted by molar-refractivity contribution is 7.10. The smallest absolute Gasteiger partial charge is 0.270 e. The number of aromatic amines is 1. The number of benzene rings is 1. The van der Waals surface area contributed by atoms with E-state index in [9.17, 15) is 9.59 Å². The minimum absolute atomic E-state index is 0.128. The molecular formula is C26H27N7O2S. The first kappa shape index (κ1) is 23.8. The Morgan fingerprint density at radius 1 is 1.14 bits per heavy atom. The summed E-state index contributed by atoms with van der Waals surface area (Å²) in [5.74, 6) is 1.20. The molecule has 3 N–H and O–H groups in total. The molecule has 0 bridgehead atoms. The van der Waals surface area contributed by atoms with Crippen molar-refractivity contribution in [3.8, 4) is 11.4 Å². The maximum atomic E-state index is 13.0. The summed E-state index contributed by atoms with van der Waals surface area (Å²) in [6.45, 7) is 6.55. The second-order valence-corrected chi connectivity index (χ2v) is 10.1. The Balaban J connectivity index is 1.23. The van der Waals surface area contributed by atoms with E-state index in [2.05, 4.69) is 61.8 Å². The summed E-state index contributed by atoms with van der Waals surface area (Å²) < 4.78 is 0. The zero-order valence-electron chi connectivity index (χ0n) is 20.3. The highest BCUT2D eigenvalue weighted by Crippen LogP contribution is 2.33. The summed E-state index contributed by atoms with van der Waals surface area (Å²) in [6.07, 6.45) is 2.88. The van der Waals surface area contributed by atoms with Crippen LogP contribution in [0.2, 0.25) is 0 Å². The van der Waals surface area contributed by atoms with E-state index < -0.39 is 0 Å². The zero-order valence-corrected chi connectivity index (χ0v) is 21.1. The van der Waals surface area contributed by atoms with Crippen molar-refractivity contribution >= 4 is 23.2 Å². The first-order valence-electron chi connectivity index (χ1n) is 11.9. The third-order valence-electron chi connectivity index (χ3n) is 6.21. The van der Waals surface area contributed by atoms with Gasteiger partial charge < -0.3 is 10.6 Å². The quantitative estimate of drug-likeness (QED) is 0.350. The molecule has 1 aliphatic rings. The molecule has 4 aromatic rings. The summed E-state index contributed by atoms with van der Waals surface area (Å²) >= 11 is 1.68. The van der Waals surface area contributed by atoms with E-state index in [1.54, 1.807) is 11.3 Å². The van der Waals surface area contributed by atoms with Crippen LogP contribution in [-0.4, -0.2) is 37.0 Å². The second-order valence-electron chi connectivity index (χ2n) is 9.21. The number of nitrogens with one attached hydrogen (secondary N) is 3. The van der Waals surface area contributed by atoms with Gasteiger partial charge in [0.2, 0.25) is 0 Å². The van der Waals surface area contributed by atoms with Crippen LogP contribution in [0.5, 0.6) is 0 Å². The third kappa shape index (κ3) is 5.03. The molecule has 0 radical (unpaired) electrons. The van der Waals surface area contributed by atoms with E-state index in [1.165, 1.54) is 17.3 Å². The summed E-state index contributed by atoms with van der Waals surface area (Å²) in [4.78, 5) is 39.4. The molecular weight excluding hydrogens is 474 g/mol. The van der Waals surface area contributed by atoms with Gasteiger partial charge in [0.1, 0.15) is 23.5 Å². The molecule has 0 spiro atoms. The molecule has 1 aliphatic carbocycles. The third-order valence-corrected chi connectivity index (χ3v) is 7.49. The van der Waals surface area contributed by atoms with Crippen molar-refractivity contribution in [3.63, 3.8) is 0 Å². The fourth-order valence-corrected chi connectivity index (χ4v) is 5.21. The number of aryl methyl sites for hydroxylation is 2. The number of nitrogens with zero attached hydrogens (tertiary/aromatic N) is 4. The number of thiophene rings is 1. The van der Waals surface area contributed by atoms with Crippen molar-refractivity contribution in [2.75, 3.05) is 0 Å². The molecule has 0 fully saturated rings. The van der Waals surface area contributed by atoms with E-state index >= 15 is 0 Å². The average molecular weight is 502 g/mol. The highest BCUT2D eigenvalue weighted by Gasteiger charge is 2.26. The van der Waals surface area contributed by atoms with Crippen LogP contribution in [0.1, 0.15) is 80.6 Å². The lowest BCUT2D eigenvalue weighted by molar-refractivity contribution is 0.0931. The Hall–Kier alpha value is -3.92. The van der Waals surface area contributed by atoms with Gasteiger partial charge in [-0.2, -0.15) is 5.10 Å². The van der Waals surface area contributed by atoms with E-state index in [0.29, 0.717) is 18.3 Å². The largest absolute Gasteiger partial charge is 0.347 e. The average Bonchev–Trinajstić information content (AvgIpc) is 3.62. The van der Waals surface area contributed by atoms with Gasteiger partial charge in [0.15, 0.2) is 5.82 Å². The van der Waals surface area contributed by atoms with Gasteiger partial charge >= 0.3 is 0 Å². The summed E-state index contributed by atoms with van der Waals surface area (Å²) in [5, 5.41) is 15.1. The van der Waals surface area contributed by atoms with Gasteiger partial charge in [-0.3, -0.25) is 14.7 Å². The number of H-pyrrole nitrogens is 1. The number of carbonyl (C=O) groups excluding carboxylic acids is 2. The molecule has 0 saturated heterocycles. The van der Waals surface area contributed by atoms with Crippen molar-refractivity contribution in [2.45, 2.75) is 52.1 Å². The number of fused-ring (bicyclic) bond motifs is 1. The van der Waals surface area contributed by atoms with Crippen LogP contribution >= 0.6 is 11.3 Å². The monoisotopic (exact) mass is 501 g/mol. The van der Waals surface area contributed by atoms with Crippen LogP contribution in [0, 0.1) is 6.92 Å². The lowest BCUT2D eigenvalue weighted by atomic mass is 10.0. The Morgan fingerprint density at radius 2 is 1.94 bits per heavy atom. The Bertz CT molecular complexity index is 1430. The van der Waals surface area contributed by atoms with E-state index in [-0.39, 0.29) is 29.2 Å². The molecule has 0 aliphatic heterocycles. The summed E-state index contributed by atoms with van der Waals surface area (Å²) in [5.41, 5.74) is 4.55. The van der Waals surface area contributed by atoms with Gasteiger partial charge in [-0.15, -0.1) is 11.3 Å². The zero-order chi connectivity index (χ0) is 25.2. The van der Waals surface area contributed by atoms with Crippen molar-refractivity contribution in [1.82, 2.24) is 35.8 Å². The molecule has 0 unspecified atom stereocenters. The Morgan fingerprint density at radius 3 is 2.67 bits per heavy atom. The number of aromatic nitrogens is 5. The summed E-state index contributed by atoms with van der Waals surface area (Å²) in [6, 6.07) is 9.47. The van der Waals surface area contributed by atoms with E-state index in [1.807, 2.05) is 24.4 Å².